The topological polar surface area (TPSA) is 83.0 Å². The number of amides is 1. The number of nitrogens with two attached hydrogens (primary N) is 1. The van der Waals surface area contributed by atoms with Crippen LogP contribution in [0.4, 0.5) is 18.0 Å². The molecule has 2 N–H and O–H groups in total. The van der Waals surface area contributed by atoms with Gasteiger partial charge in [0.1, 0.15) is 5.69 Å². The number of hydrogen-bond acceptors (Lipinski definition) is 4. The summed E-state index contributed by atoms with van der Waals surface area (Å²) in [6.07, 6.45) is -2.28. The Labute approximate surface area is 111 Å². The molecule has 0 atom stereocenters. The third-order valence-electron chi connectivity index (χ3n) is 2.37. The van der Waals surface area contributed by atoms with Crippen LogP contribution < -0.4 is 10.5 Å². The summed E-state index contributed by atoms with van der Waals surface area (Å²) in [4.78, 5) is 14.5. The fourth-order valence-electron chi connectivity index (χ4n) is 1.55. The summed E-state index contributed by atoms with van der Waals surface area (Å²) in [5.41, 5.74) is 4.25. The Bertz CT molecular complexity index is 651. The molecule has 0 spiro atoms. The molecular weight excluding hydrogens is 277 g/mol. The van der Waals surface area contributed by atoms with E-state index >= 15 is 0 Å². The Morgan fingerprint density at radius 3 is 2.60 bits per heavy atom. The van der Waals surface area contributed by atoms with Gasteiger partial charge in [-0.2, -0.15) is 18.3 Å². The predicted octanol–water partition coefficient (Wildman–Crippen LogP) is 1.96. The number of nitrogens with zero attached hydrogens (tertiary/aromatic N) is 3. The molecule has 0 aliphatic carbocycles. The van der Waals surface area contributed by atoms with Gasteiger partial charge in [0.2, 0.25) is 0 Å². The summed E-state index contributed by atoms with van der Waals surface area (Å²) < 4.78 is 43.9. The lowest BCUT2D eigenvalue weighted by molar-refractivity contribution is -0.137. The zero-order chi connectivity index (χ0) is 14.9. The lowest BCUT2D eigenvalue weighted by atomic mass is 10.1. The summed E-state index contributed by atoms with van der Waals surface area (Å²) in [7, 11) is 1.63. The Morgan fingerprint density at radius 2 is 2.10 bits per heavy atom. The standard InChI is InChI=1S/C11H9F3N4O2/c1-18-5-6(3-17-18)9-8(20-10(15)19)2-7(4-16-9)11(12,13)14/h2-5H,1H3,(H2,15,19). The first-order valence-corrected chi connectivity index (χ1v) is 5.31. The molecular formula is C11H9F3N4O2. The van der Waals surface area contributed by atoms with Crippen LogP contribution in [-0.4, -0.2) is 20.9 Å². The first-order chi connectivity index (χ1) is 9.27. The Hall–Kier alpha value is -2.58. The lowest BCUT2D eigenvalue weighted by Crippen LogP contribution is -2.17. The predicted molar refractivity (Wildman–Crippen MR) is 61.7 cm³/mol. The summed E-state index contributed by atoms with van der Waals surface area (Å²) in [6.45, 7) is 0. The molecule has 0 unspecified atom stereocenters. The first-order valence-electron chi connectivity index (χ1n) is 5.31. The second kappa shape index (κ2) is 4.83. The fourth-order valence-corrected chi connectivity index (χ4v) is 1.55. The van der Waals surface area contributed by atoms with Gasteiger partial charge in [-0.3, -0.25) is 9.67 Å². The molecule has 9 heteroatoms. The maximum absolute atomic E-state index is 12.6. The number of carbonyl (C=O) groups excluding carboxylic acids is 1. The molecule has 2 rings (SSSR count). The molecule has 0 aliphatic heterocycles. The number of ether oxygens (including phenoxy) is 1. The summed E-state index contributed by atoms with van der Waals surface area (Å²) in [5.74, 6) is -0.375. The van der Waals surface area contributed by atoms with E-state index in [9.17, 15) is 18.0 Å². The third-order valence-corrected chi connectivity index (χ3v) is 2.37. The van der Waals surface area contributed by atoms with Gasteiger partial charge in [-0.15, -0.1) is 0 Å². The van der Waals surface area contributed by atoms with Gasteiger partial charge >= 0.3 is 12.3 Å². The van der Waals surface area contributed by atoms with Crippen molar-refractivity contribution in [3.8, 4) is 17.0 Å². The average Bonchev–Trinajstić information content (AvgIpc) is 2.73. The van der Waals surface area contributed by atoms with Crippen LogP contribution in [0.1, 0.15) is 5.56 Å². The van der Waals surface area contributed by atoms with E-state index in [0.717, 1.165) is 0 Å². The Morgan fingerprint density at radius 1 is 1.40 bits per heavy atom. The van der Waals surface area contributed by atoms with Gasteiger partial charge in [0.25, 0.3) is 0 Å². The zero-order valence-corrected chi connectivity index (χ0v) is 10.2. The van der Waals surface area contributed by atoms with Crippen molar-refractivity contribution in [2.75, 3.05) is 0 Å². The molecule has 0 aromatic carbocycles. The molecule has 2 aromatic heterocycles. The van der Waals surface area contributed by atoms with E-state index < -0.39 is 17.8 Å². The highest BCUT2D eigenvalue weighted by molar-refractivity contribution is 5.73. The molecule has 0 aliphatic rings. The molecule has 2 aromatic rings. The van der Waals surface area contributed by atoms with Crippen molar-refractivity contribution < 1.29 is 22.7 Å². The molecule has 20 heavy (non-hydrogen) atoms. The number of carbonyl (C=O) groups is 1. The van der Waals surface area contributed by atoms with Crippen molar-refractivity contribution in [3.05, 3.63) is 30.2 Å². The van der Waals surface area contributed by atoms with Crippen molar-refractivity contribution in [1.82, 2.24) is 14.8 Å². The number of halogens is 3. The number of aromatic nitrogens is 3. The number of aryl methyl sites for hydroxylation is 1. The number of pyridine rings is 1. The van der Waals surface area contributed by atoms with Crippen LogP contribution in [0.2, 0.25) is 0 Å². The molecule has 2 heterocycles. The minimum absolute atomic E-state index is 0.0462. The lowest BCUT2D eigenvalue weighted by Gasteiger charge is -2.10. The maximum atomic E-state index is 12.6. The highest BCUT2D eigenvalue weighted by atomic mass is 19.4. The van der Waals surface area contributed by atoms with Gasteiger partial charge in [0, 0.05) is 25.0 Å². The van der Waals surface area contributed by atoms with Gasteiger partial charge in [-0.25, -0.2) is 4.79 Å². The van der Waals surface area contributed by atoms with Gasteiger partial charge < -0.3 is 10.5 Å². The van der Waals surface area contributed by atoms with E-state index in [-0.39, 0.29) is 11.4 Å². The van der Waals surface area contributed by atoms with Gasteiger partial charge in [-0.05, 0) is 6.07 Å². The molecule has 1 amide bonds. The van der Waals surface area contributed by atoms with Gasteiger partial charge in [0.15, 0.2) is 5.75 Å². The minimum atomic E-state index is -4.60. The van der Waals surface area contributed by atoms with Crippen molar-refractivity contribution >= 4 is 6.09 Å². The molecule has 6 nitrogen and oxygen atoms in total. The Balaban J connectivity index is 2.53. The van der Waals surface area contributed by atoms with Gasteiger partial charge in [-0.1, -0.05) is 0 Å². The number of primary amides is 1. The van der Waals surface area contributed by atoms with Crippen LogP contribution in [-0.2, 0) is 13.2 Å². The van der Waals surface area contributed by atoms with Crippen LogP contribution in [0.25, 0.3) is 11.3 Å². The van der Waals surface area contributed by atoms with Crippen LogP contribution in [0.15, 0.2) is 24.7 Å². The fraction of sp³-hybridized carbons (Fsp3) is 0.182. The minimum Gasteiger partial charge on any atom is -0.408 e. The van der Waals surface area contributed by atoms with E-state index in [1.165, 1.54) is 17.1 Å². The van der Waals surface area contributed by atoms with Crippen molar-refractivity contribution in [3.63, 3.8) is 0 Å². The van der Waals surface area contributed by atoms with Gasteiger partial charge in [0.05, 0.1) is 11.8 Å². The largest absolute Gasteiger partial charge is 0.418 e. The van der Waals surface area contributed by atoms with E-state index in [0.29, 0.717) is 17.8 Å². The van der Waals surface area contributed by atoms with Crippen LogP contribution >= 0.6 is 0 Å². The molecule has 0 saturated carbocycles. The van der Waals surface area contributed by atoms with E-state index in [2.05, 4.69) is 14.8 Å². The first kappa shape index (κ1) is 13.8. The van der Waals surface area contributed by atoms with E-state index in [1.54, 1.807) is 7.05 Å². The molecule has 0 radical (unpaired) electrons. The maximum Gasteiger partial charge on any atom is 0.418 e. The molecule has 106 valence electrons. The third kappa shape index (κ3) is 2.87. The number of alkyl halides is 3. The summed E-state index contributed by atoms with van der Waals surface area (Å²) in [6, 6.07) is 0.667. The quantitative estimate of drug-likeness (QED) is 0.914. The second-order valence-electron chi connectivity index (χ2n) is 3.89. The average molecular weight is 286 g/mol. The van der Waals surface area contributed by atoms with Crippen LogP contribution in [0.5, 0.6) is 5.75 Å². The van der Waals surface area contributed by atoms with E-state index in [4.69, 9.17) is 5.73 Å². The molecule has 0 saturated heterocycles. The smallest absolute Gasteiger partial charge is 0.408 e. The monoisotopic (exact) mass is 286 g/mol. The number of rotatable bonds is 2. The van der Waals surface area contributed by atoms with E-state index in [1.807, 2.05) is 0 Å². The summed E-state index contributed by atoms with van der Waals surface area (Å²) >= 11 is 0. The number of hydrogen-bond donors (Lipinski definition) is 1. The molecule has 0 bridgehead atoms. The van der Waals surface area contributed by atoms with Crippen molar-refractivity contribution in [1.29, 1.82) is 0 Å². The highest BCUT2D eigenvalue weighted by Gasteiger charge is 2.32. The molecule has 0 fully saturated rings. The highest BCUT2D eigenvalue weighted by Crippen LogP contribution is 2.35. The second-order valence-corrected chi connectivity index (χ2v) is 3.89. The summed E-state index contributed by atoms with van der Waals surface area (Å²) in [5, 5.41) is 3.87. The van der Waals surface area contributed by atoms with Crippen molar-refractivity contribution in [2.45, 2.75) is 6.18 Å². The SMILES string of the molecule is Cn1cc(-c2ncc(C(F)(F)F)cc2OC(N)=O)cn1. The Kier molecular flexibility index (Phi) is 3.35. The zero-order valence-electron chi connectivity index (χ0n) is 10.2. The van der Waals surface area contributed by atoms with Crippen LogP contribution in [0.3, 0.4) is 0 Å². The normalized spacial score (nSPS) is 11.4. The van der Waals surface area contributed by atoms with Crippen LogP contribution in [0, 0.1) is 0 Å². The van der Waals surface area contributed by atoms with Crippen molar-refractivity contribution in [2.24, 2.45) is 12.8 Å².